The van der Waals surface area contributed by atoms with E-state index in [0.29, 0.717) is 66.5 Å². The number of amides is 2. The minimum Gasteiger partial charge on any atom is -0.505 e. The number of likely N-dealkylation sites (N-methyl/N-ethyl adjacent to an activating group) is 2. The molecule has 3 aliphatic rings. The van der Waals surface area contributed by atoms with E-state index in [1.807, 2.05) is 103 Å². The molecule has 1 saturated heterocycles. The average Bonchev–Trinajstić information content (AvgIpc) is 1.15. The molecule has 2 amide bonds. The Morgan fingerprint density at radius 1 is 0.663 bits per heavy atom. The second-order valence-electron chi connectivity index (χ2n) is 23.0. The Morgan fingerprint density at radius 3 is 1.56 bits per heavy atom. The van der Waals surface area contributed by atoms with Crippen molar-refractivity contribution in [3.05, 3.63) is 157 Å². The molecule has 7 heterocycles. The zero-order valence-corrected chi connectivity index (χ0v) is 54.2. The molecule has 20 heteroatoms. The molecule has 86 heavy (non-hydrogen) atoms. The summed E-state index contributed by atoms with van der Waals surface area (Å²) in [5.74, 6) is 2.03. The van der Waals surface area contributed by atoms with Crippen LogP contribution in [0.1, 0.15) is 147 Å². The van der Waals surface area contributed by atoms with E-state index in [1.165, 1.54) is 12.4 Å². The van der Waals surface area contributed by atoms with Gasteiger partial charge in [0.25, 0.3) is 11.8 Å². The van der Waals surface area contributed by atoms with Crippen molar-refractivity contribution in [3.8, 4) is 22.6 Å². The topological polar surface area (TPSA) is 196 Å². The predicted molar refractivity (Wildman–Crippen MR) is 345 cm³/mol. The van der Waals surface area contributed by atoms with E-state index in [4.69, 9.17) is 43.4 Å². The van der Waals surface area contributed by atoms with Crippen molar-refractivity contribution in [3.63, 3.8) is 0 Å². The third kappa shape index (κ3) is 15.2. The smallest absolute Gasteiger partial charge is 0.496 e. The highest BCUT2D eigenvalue weighted by Gasteiger charge is 2.52. The van der Waals surface area contributed by atoms with E-state index < -0.39 is 0 Å². The van der Waals surface area contributed by atoms with Gasteiger partial charge in [0.15, 0.2) is 0 Å². The number of aryl methyl sites for hydroxylation is 2. The molecule has 4 N–H and O–H groups in total. The molecule has 1 fully saturated rings. The van der Waals surface area contributed by atoms with Gasteiger partial charge in [-0.25, -0.2) is 19.7 Å². The summed E-state index contributed by atoms with van der Waals surface area (Å²) in [4.78, 5) is 60.4. The number of fused-ring (bicyclic) bond motifs is 2. The van der Waals surface area contributed by atoms with E-state index in [2.05, 4.69) is 101 Å². The molecule has 0 bridgehead atoms. The molecule has 18 nitrogen and oxygen atoms in total. The second kappa shape index (κ2) is 28.8. The lowest BCUT2D eigenvalue weighted by atomic mass is 9.78. The van der Waals surface area contributed by atoms with Crippen molar-refractivity contribution in [2.24, 2.45) is 0 Å². The van der Waals surface area contributed by atoms with Gasteiger partial charge in [-0.1, -0.05) is 41.9 Å². The molecule has 9 rings (SSSR count). The van der Waals surface area contributed by atoms with Crippen LogP contribution in [0.25, 0.3) is 20.8 Å². The Hall–Kier alpha value is -7.46. The van der Waals surface area contributed by atoms with Crippen LogP contribution in [0.15, 0.2) is 77.5 Å². The first-order valence-electron chi connectivity index (χ1n) is 29.7. The molecule has 0 saturated carbocycles. The van der Waals surface area contributed by atoms with Crippen LogP contribution >= 0.6 is 15.9 Å². The Kier molecular flexibility index (Phi) is 22.1. The number of carbonyl (C=O) groups excluding carboxylic acids is 2. The predicted octanol–water partition coefficient (Wildman–Crippen LogP) is 11.6. The van der Waals surface area contributed by atoms with Gasteiger partial charge < -0.3 is 49.8 Å². The van der Waals surface area contributed by atoms with Crippen molar-refractivity contribution in [1.82, 2.24) is 39.5 Å². The van der Waals surface area contributed by atoms with Crippen molar-refractivity contribution in [2.45, 2.75) is 132 Å². The summed E-state index contributed by atoms with van der Waals surface area (Å²) < 4.78 is 24.2. The Balaban J connectivity index is 0.000000197. The number of aromatic nitrogens is 4. The van der Waals surface area contributed by atoms with Crippen molar-refractivity contribution in [1.29, 1.82) is 0 Å². The maximum absolute atomic E-state index is 14.0. The Bertz CT molecular complexity index is 3500. The summed E-state index contributed by atoms with van der Waals surface area (Å²) in [5, 5.41) is 0. The lowest BCUT2D eigenvalue weighted by Gasteiger charge is -2.35. The molecule has 0 spiro atoms. The number of ether oxygens (including phenoxy) is 2. The first-order chi connectivity index (χ1) is 40.9. The number of nitrogen functional groups attached to an aromatic ring is 2. The van der Waals surface area contributed by atoms with E-state index in [-0.39, 0.29) is 42.2 Å². The number of carbonyl (C=O) groups is 2. The van der Waals surface area contributed by atoms with Gasteiger partial charge in [-0.15, -0.1) is 0 Å². The largest absolute Gasteiger partial charge is 0.505 e. The standard InChI is InChI=1S/C30H36N6O2.C24H29BrN4O2.C12H19BN2O2/c1-7-35(6)13-11-21-15-24(22-9-10-29(31)34-19(22)3)23-12-14-36(30(37)25(23)16-21)20(4)26-17-28(38-8-2)27(32-5)18-33-26;1-6-28(5)10-8-17-12-19-18(20(25)13-17)9-11-29(24(19)30)16(3)21-14-23(31-7-2)22(26-4)15-27-21;1-8-9(6-7-10(14)15-8)13-16-11(2,3)12(4,5)17-13/h9-10,15-18,20H,7-8,11-14H2,1-4,6H3,(H2,31,34);12-16H,6-11H2,1-3,5H3;6-7H,1-5H3,(H2,14,15)/t20-;;/m0../s1. The van der Waals surface area contributed by atoms with Gasteiger partial charge in [0.1, 0.15) is 23.1 Å². The number of hydrogen-bond donors (Lipinski definition) is 2. The lowest BCUT2D eigenvalue weighted by Crippen LogP contribution is -2.41. The molecule has 454 valence electrons. The van der Waals surface area contributed by atoms with Gasteiger partial charge in [-0.2, -0.15) is 0 Å². The fourth-order valence-electron chi connectivity index (χ4n) is 10.6. The maximum atomic E-state index is 14.0. The number of benzene rings is 2. The van der Waals surface area contributed by atoms with Crippen LogP contribution in [0, 0.1) is 27.0 Å². The van der Waals surface area contributed by atoms with E-state index in [1.54, 1.807) is 18.2 Å². The first-order valence-corrected chi connectivity index (χ1v) is 30.5. The molecule has 0 radical (unpaired) electrons. The molecule has 2 atom stereocenters. The van der Waals surface area contributed by atoms with Crippen LogP contribution in [0.2, 0.25) is 0 Å². The summed E-state index contributed by atoms with van der Waals surface area (Å²) in [7, 11) is 3.84. The van der Waals surface area contributed by atoms with Crippen LogP contribution in [0.5, 0.6) is 11.5 Å². The third-order valence-electron chi connectivity index (χ3n) is 16.8. The molecule has 4 aromatic heterocycles. The van der Waals surface area contributed by atoms with Gasteiger partial charge >= 0.3 is 7.12 Å². The molecule has 0 aliphatic carbocycles. The van der Waals surface area contributed by atoms with Crippen LogP contribution < -0.4 is 26.4 Å². The summed E-state index contributed by atoms with van der Waals surface area (Å²) in [6, 6.07) is 19.1. The van der Waals surface area contributed by atoms with Gasteiger partial charge in [-0.05, 0) is 198 Å². The van der Waals surface area contributed by atoms with Gasteiger partial charge in [0.2, 0.25) is 11.4 Å². The molecule has 2 aromatic carbocycles. The molecule has 1 unspecified atom stereocenters. The number of anilines is 2. The molecule has 6 aromatic rings. The van der Waals surface area contributed by atoms with Gasteiger partial charge in [0, 0.05) is 76.6 Å². The van der Waals surface area contributed by atoms with E-state index in [9.17, 15) is 9.59 Å². The molecular formula is C66H84BBrN12O6. The lowest BCUT2D eigenvalue weighted by molar-refractivity contribution is 0.00578. The zero-order valence-electron chi connectivity index (χ0n) is 52.6. The quantitative estimate of drug-likeness (QED) is 0.0609. The zero-order chi connectivity index (χ0) is 62.8. The Morgan fingerprint density at radius 2 is 1.10 bits per heavy atom. The number of halogens is 1. The second-order valence-corrected chi connectivity index (χ2v) is 23.9. The maximum Gasteiger partial charge on any atom is 0.496 e. The fraction of sp³-hybridized carbons (Fsp3) is 0.455. The normalized spacial score (nSPS) is 15.6. The highest BCUT2D eigenvalue weighted by Crippen LogP contribution is 2.40. The summed E-state index contributed by atoms with van der Waals surface area (Å²) >= 11 is 3.69. The minimum atomic E-state index is -0.368. The Labute approximate surface area is 517 Å². The molecule has 3 aliphatic heterocycles. The number of nitrogens with two attached hydrogens (primary N) is 2. The van der Waals surface area contributed by atoms with Gasteiger partial charge in [0.05, 0.1) is 61.0 Å². The SMILES string of the molecule is Cc1nc(N)ccc1B1OC(C)(C)C(C)(C)O1.[C-]#[N+]c1cnc(C(C)N2CCc3c(Br)cc(CCN(C)CC)cc3C2=O)cc1OCC.[C-]#[N+]c1cnc([C@H](C)N2CCc3c(cc(CCN(C)CC)cc3-c3ccc(N)nc3C)C2=O)cc1OCC. The van der Waals surface area contributed by atoms with Crippen LogP contribution in [-0.2, 0) is 35.0 Å². The summed E-state index contributed by atoms with van der Waals surface area (Å²) in [5.41, 5.74) is 23.7. The van der Waals surface area contributed by atoms with Crippen molar-refractivity contribution < 1.29 is 28.4 Å². The monoisotopic (exact) mass is 1230 g/mol. The van der Waals surface area contributed by atoms with Crippen LogP contribution in [-0.4, -0.2) is 136 Å². The number of pyridine rings is 4. The van der Waals surface area contributed by atoms with Crippen LogP contribution in [0.4, 0.5) is 23.0 Å². The number of nitrogens with zero attached hydrogens (tertiary/aromatic N) is 10. The van der Waals surface area contributed by atoms with Crippen LogP contribution in [0.3, 0.4) is 0 Å². The van der Waals surface area contributed by atoms with E-state index >= 15 is 0 Å². The highest BCUT2D eigenvalue weighted by atomic mass is 79.9. The third-order valence-corrected chi connectivity index (χ3v) is 17.5. The van der Waals surface area contributed by atoms with E-state index in [0.717, 1.165) is 123 Å². The minimum absolute atomic E-state index is 0.0132. The number of hydrogen-bond acceptors (Lipinski definition) is 14. The van der Waals surface area contributed by atoms with Crippen molar-refractivity contribution >= 4 is 63.3 Å². The summed E-state index contributed by atoms with van der Waals surface area (Å²) in [6.07, 6.45) is 6.31. The number of rotatable bonds is 18. The molecular weight excluding hydrogens is 1150 g/mol. The first kappa shape index (κ1) is 66.1. The van der Waals surface area contributed by atoms with Gasteiger partial charge in [-0.3, -0.25) is 19.6 Å². The highest BCUT2D eigenvalue weighted by molar-refractivity contribution is 9.10. The summed E-state index contributed by atoms with van der Waals surface area (Å²) in [6.45, 7) is 44.6. The van der Waals surface area contributed by atoms with Crippen molar-refractivity contribution in [2.75, 3.05) is 78.0 Å². The average molecular weight is 1230 g/mol. The fourth-order valence-corrected chi connectivity index (χ4v) is 11.3.